The number of cyclic esters (lactones) is 1. The first-order valence-electron chi connectivity index (χ1n) is 45.8. The molecule has 2 aromatic carbocycles. The number of fused-ring (bicyclic) bond motifs is 5. The van der Waals surface area contributed by atoms with Gasteiger partial charge in [0.15, 0.2) is 5.60 Å². The van der Waals surface area contributed by atoms with Gasteiger partial charge in [-0.3, -0.25) is 48.1 Å². The van der Waals surface area contributed by atoms with E-state index in [1.807, 2.05) is 0 Å². The Labute approximate surface area is 789 Å². The zero-order chi connectivity index (χ0) is 98.5. The third-order valence-electron chi connectivity index (χ3n) is 22.6. The van der Waals surface area contributed by atoms with Gasteiger partial charge in [-0.15, -0.1) is 0 Å². The highest BCUT2D eigenvalue weighted by atomic mass is 28.1. The van der Waals surface area contributed by atoms with E-state index < -0.39 is 155 Å². The zero-order valence-electron chi connectivity index (χ0n) is 77.7. The molecule has 3 aliphatic heterocycles. The second-order valence-electron chi connectivity index (χ2n) is 33.1. The van der Waals surface area contributed by atoms with Crippen LogP contribution in [0.15, 0.2) is 53.3 Å². The number of aliphatic hydroxyl groups is 6. The van der Waals surface area contributed by atoms with Crippen LogP contribution in [0.3, 0.4) is 0 Å². The van der Waals surface area contributed by atoms with Gasteiger partial charge >= 0.3 is 18.1 Å². The van der Waals surface area contributed by atoms with E-state index in [2.05, 4.69) is 42.5 Å². The highest BCUT2D eigenvalue weighted by Gasteiger charge is 2.50. The minimum absolute atomic E-state index is 0.00917. The Balaban J connectivity index is 0.674. The molecule has 0 spiro atoms. The molecular formula is C90H133FN12O32Si. The van der Waals surface area contributed by atoms with Gasteiger partial charge in [0.05, 0.1) is 213 Å². The van der Waals surface area contributed by atoms with Crippen LogP contribution >= 0.6 is 0 Å². The molecule has 0 saturated heterocycles. The van der Waals surface area contributed by atoms with Gasteiger partial charge in [-0.05, 0) is 97.4 Å². The summed E-state index contributed by atoms with van der Waals surface area (Å²) in [6, 6.07) is 3.51. The molecule has 10 atom stereocenters. The number of esters is 1. The number of aryl methyl sites for hydroxylation is 1. The lowest BCUT2D eigenvalue weighted by Crippen LogP contribution is -2.58. The number of imide groups is 1. The summed E-state index contributed by atoms with van der Waals surface area (Å²) >= 11 is 0. The summed E-state index contributed by atoms with van der Waals surface area (Å²) in [5.41, 5.74) is 6.59. The number of primary amides is 1. The van der Waals surface area contributed by atoms with E-state index in [4.69, 9.17) is 82.1 Å². The van der Waals surface area contributed by atoms with Crippen LogP contribution in [-0.2, 0) is 141 Å². The number of ether oxygens (including phenoxy) is 14. The quantitative estimate of drug-likeness (QED) is 0.00853. The Morgan fingerprint density at radius 3 is 1.68 bits per heavy atom. The Hall–Kier alpha value is -10.1. The van der Waals surface area contributed by atoms with Crippen LogP contribution in [0.2, 0.25) is 5.54 Å². The normalized spacial score (nSPS) is 16.6. The van der Waals surface area contributed by atoms with E-state index in [-0.39, 0.29) is 141 Å². The summed E-state index contributed by atoms with van der Waals surface area (Å²) in [4.78, 5) is 165. The number of nitrogens with two attached hydrogens (primary N) is 1. The molecule has 4 aromatic rings. The minimum atomic E-state index is -2.07. The number of alkyl carbamates (subject to hydrolysis) is 1. The Morgan fingerprint density at radius 2 is 1.15 bits per heavy atom. The fourth-order valence-electron chi connectivity index (χ4n) is 15.0. The summed E-state index contributed by atoms with van der Waals surface area (Å²) in [5.74, 6) is -6.98. The Morgan fingerprint density at radius 1 is 0.603 bits per heavy atom. The van der Waals surface area contributed by atoms with E-state index in [1.54, 1.807) is 58.0 Å². The molecule has 5 heterocycles. The second kappa shape index (κ2) is 59.3. The van der Waals surface area contributed by atoms with Crippen LogP contribution in [0.25, 0.3) is 22.3 Å². The van der Waals surface area contributed by atoms with E-state index in [1.165, 1.54) is 22.8 Å². The number of hydrogen-bond acceptors (Lipinski definition) is 33. The number of rotatable bonds is 69. The summed E-state index contributed by atoms with van der Waals surface area (Å²) in [7, 11) is 0.384. The topological polar surface area (TPSA) is 599 Å². The van der Waals surface area contributed by atoms with Crippen molar-refractivity contribution in [1.82, 2.24) is 51.7 Å². The van der Waals surface area contributed by atoms with Crippen molar-refractivity contribution < 1.29 is 154 Å². The number of pyridine rings is 2. The van der Waals surface area contributed by atoms with Gasteiger partial charge < -0.3 is 150 Å². The molecule has 16 N–H and O–H groups in total. The molecule has 11 amide bonds. The van der Waals surface area contributed by atoms with Crippen molar-refractivity contribution in [3.63, 3.8) is 0 Å². The zero-order valence-corrected chi connectivity index (χ0v) is 79.7. The number of nitrogens with zero attached hydrogens (tertiary/aromatic N) is 3. The fraction of sp³-hybridized carbons (Fsp3) is 0.633. The van der Waals surface area contributed by atoms with E-state index in [0.29, 0.717) is 198 Å². The molecule has 0 saturated carbocycles. The first-order chi connectivity index (χ1) is 65.4. The number of halogens is 1. The van der Waals surface area contributed by atoms with Gasteiger partial charge in [-0.25, -0.2) is 23.8 Å². The summed E-state index contributed by atoms with van der Waals surface area (Å²) in [5, 5.41) is 81.2. The number of benzene rings is 2. The van der Waals surface area contributed by atoms with Gasteiger partial charge in [0.25, 0.3) is 17.4 Å². The largest absolute Gasteiger partial charge is 0.458 e. The van der Waals surface area contributed by atoms with E-state index in [0.717, 1.165) is 4.90 Å². The van der Waals surface area contributed by atoms with Gasteiger partial charge in [0.1, 0.15) is 55.5 Å². The maximum absolute atomic E-state index is 15.7. The van der Waals surface area contributed by atoms with Crippen LogP contribution in [-0.4, -0.2) is 355 Å². The second-order valence-corrected chi connectivity index (χ2v) is 34.8. The minimum Gasteiger partial charge on any atom is -0.458 e. The maximum Gasteiger partial charge on any atom is 0.407 e. The molecule has 44 nitrogen and oxygen atoms in total. The lowest BCUT2D eigenvalue weighted by atomic mass is 9.81. The van der Waals surface area contributed by atoms with Gasteiger partial charge in [0, 0.05) is 89.7 Å². The Bertz CT molecular complexity index is 4630. The average molecular weight is 1940 g/mol. The van der Waals surface area contributed by atoms with Gasteiger partial charge in [-0.2, -0.15) is 0 Å². The standard InChI is InChI=1S/C90H133FN12O32Si/c1-55(2)79(85(116)99-66(9-8-20-94-88(92)119)83(114)96-59-13-11-58(12-14-59)53-135-89(120)100-65-16-15-60-56(3)64(91)48-67-77(60)78(65)61-51-103-69(80(61)98-67)47-63-62(86(103)117)54-134-87(118)90(63,121)57(4)136)101-84(115)68(97-73(108)10-6-5-7-22-102-75(110)17-18-76(102)111)49-74(109)93-21-24-123-26-28-125-30-32-127-34-36-129-38-40-131-42-44-133-46-45-132-43-41-130-39-37-128-35-33-126-31-29-124-27-25-122-23-19-72(107)95-50-70(105)81(112)82(113)71(106)52-104/h11-14,17-18,47-48,55,57,65-66,68,70-71,79,81-82,104-106,112-113,121H,5-10,15-16,19-46,49-54H2,1-4,136H3,(H,93,109)(H,95,107)(H,96,114)(H,97,108)(H,99,116)(H,100,120)(H,101,115)(H3,92,94,119)/t57-,65+,66+,68+,70+,71-,79+,81-,82-,90+/m1/s1. The lowest BCUT2D eigenvalue weighted by molar-refractivity contribution is -0.172. The number of hydrogen-bond donors (Lipinski definition) is 15. The monoisotopic (exact) mass is 1940 g/mol. The van der Waals surface area contributed by atoms with Crippen molar-refractivity contribution in [3.05, 3.63) is 104 Å². The predicted octanol–water partition coefficient (Wildman–Crippen LogP) is -2.16. The number of nitrogens with one attached hydrogen (secondary N) is 8. The smallest absolute Gasteiger partial charge is 0.407 e. The SMILES string of the molecule is Cc1c(F)cc2nc3c(c4c2c1CC[C@@H]4NC(=O)OCc1ccc(NC(=O)[C@H](CCCNC(N)=O)NC(=O)[C@@H](NC(=O)[C@H](CC(=O)NCCOCCOCCOCCOCCOCCOCCOCCOCCOCCOCCOCCOCCC(=O)NC[C@H](O)[C@@H](O)[C@H](O)[C@H](O)CO)NC(=O)CCCCCN2C(=O)C=CC2=O)C(C)C)cc1)Cn1c-3cc2c(c1=O)COC(=O)[C@]2(O)[C@@H](C)[SiH3]. The van der Waals surface area contributed by atoms with Crippen molar-refractivity contribution in [2.45, 2.75) is 171 Å². The predicted molar refractivity (Wildman–Crippen MR) is 486 cm³/mol. The number of carbonyl (C=O) groups excluding carboxylic acids is 11. The van der Waals surface area contributed by atoms with Gasteiger partial charge in [0.2, 0.25) is 35.4 Å². The number of amides is 11. The van der Waals surface area contributed by atoms with Crippen LogP contribution in [0.1, 0.15) is 124 Å². The van der Waals surface area contributed by atoms with Crippen molar-refractivity contribution in [2.24, 2.45) is 11.7 Å². The number of aliphatic hydroxyl groups excluding tert-OH is 5. The molecule has 2 aromatic heterocycles. The van der Waals surface area contributed by atoms with E-state index >= 15 is 4.39 Å². The molecule has 0 fully saturated rings. The highest BCUT2D eigenvalue weighted by Crippen LogP contribution is 2.47. The number of urea groups is 1. The number of unbranched alkanes of at least 4 members (excludes halogenated alkanes) is 2. The third kappa shape index (κ3) is 35.4. The van der Waals surface area contributed by atoms with Crippen molar-refractivity contribution in [2.75, 3.05) is 197 Å². The van der Waals surface area contributed by atoms with Crippen molar-refractivity contribution >= 4 is 92.2 Å². The number of carbonyl (C=O) groups is 11. The lowest BCUT2D eigenvalue weighted by Gasteiger charge is -2.35. The summed E-state index contributed by atoms with van der Waals surface area (Å²) < 4.78 is 94.4. The maximum atomic E-state index is 15.7. The molecule has 1 aliphatic carbocycles. The molecule has 46 heteroatoms. The average Bonchev–Trinajstić information content (AvgIpc) is 1.51. The molecule has 0 radical (unpaired) electrons. The third-order valence-corrected chi connectivity index (χ3v) is 23.4. The van der Waals surface area contributed by atoms with Crippen LogP contribution in [0.4, 0.5) is 19.7 Å². The van der Waals surface area contributed by atoms with Gasteiger partial charge in [-0.1, -0.05) is 39.3 Å². The Kier molecular flexibility index (Phi) is 48.5. The molecule has 0 bridgehead atoms. The summed E-state index contributed by atoms with van der Waals surface area (Å²) in [6.07, 6.45) is -3.98. The van der Waals surface area contributed by atoms with Crippen LogP contribution < -0.4 is 53.8 Å². The molecule has 4 aliphatic rings. The number of aromatic nitrogens is 2. The van der Waals surface area contributed by atoms with Crippen molar-refractivity contribution in [1.29, 1.82) is 0 Å². The van der Waals surface area contributed by atoms with E-state index in [9.17, 15) is 83.1 Å². The highest BCUT2D eigenvalue weighted by molar-refractivity contribution is 6.15. The van der Waals surface area contributed by atoms with Crippen LogP contribution in [0, 0.1) is 18.7 Å². The first kappa shape index (κ1) is 111. The molecular weight excluding hydrogens is 1810 g/mol. The summed E-state index contributed by atoms with van der Waals surface area (Å²) in [6.45, 7) is 12.6. The van der Waals surface area contributed by atoms with Crippen LogP contribution in [0.5, 0.6) is 0 Å². The first-order valence-corrected chi connectivity index (χ1v) is 47.0. The fourth-order valence-corrected chi connectivity index (χ4v) is 15.6. The molecule has 756 valence electrons. The van der Waals surface area contributed by atoms with Crippen molar-refractivity contribution in [3.8, 4) is 11.4 Å². The number of anilines is 1. The molecule has 8 rings (SSSR count). The molecule has 136 heavy (non-hydrogen) atoms. The molecule has 0 unspecified atom stereocenters.